The first-order chi connectivity index (χ1) is 6.15. The summed E-state index contributed by atoms with van der Waals surface area (Å²) in [5.41, 5.74) is 0. The third kappa shape index (κ3) is 2.59. The molecule has 0 radical (unpaired) electrons. The minimum absolute atomic E-state index is 0.0112. The Morgan fingerprint density at radius 1 is 1.77 bits per heavy atom. The predicted octanol–water partition coefficient (Wildman–Crippen LogP) is -0.0378. The molecular weight excluding hydrogens is 192 g/mol. The van der Waals surface area contributed by atoms with Gasteiger partial charge in [-0.3, -0.25) is 9.59 Å². The van der Waals surface area contributed by atoms with Crippen LogP contribution in [0.5, 0.6) is 0 Å². The maximum atomic E-state index is 11.3. The molecule has 1 unspecified atom stereocenters. The number of nitrogens with one attached hydrogen (secondary N) is 1. The molecule has 0 aromatic carbocycles. The van der Waals surface area contributed by atoms with Crippen molar-refractivity contribution in [2.24, 2.45) is 0 Å². The van der Waals surface area contributed by atoms with Crippen molar-refractivity contribution in [3.8, 4) is 0 Å². The Morgan fingerprint density at radius 2 is 2.46 bits per heavy atom. The first kappa shape index (κ1) is 10.3. The monoisotopic (exact) mass is 204 g/mol. The van der Waals surface area contributed by atoms with E-state index in [1.165, 1.54) is 0 Å². The summed E-state index contributed by atoms with van der Waals surface area (Å²) < 4.78 is 0. The molecule has 13 heavy (non-hydrogen) atoms. The minimum atomic E-state index is -0.333. The smallest absolute Gasteiger partial charge is 0.244 e. The molecule has 0 aromatic rings. The van der Waals surface area contributed by atoms with Gasteiger partial charge in [-0.1, -0.05) is 0 Å². The number of alkyl halides is 1. The molecule has 74 valence electrons. The second kappa shape index (κ2) is 4.46. The van der Waals surface area contributed by atoms with Crippen LogP contribution in [0.4, 0.5) is 0 Å². The predicted molar refractivity (Wildman–Crippen MR) is 49.5 cm³/mol. The molecule has 2 amide bonds. The van der Waals surface area contributed by atoms with Gasteiger partial charge in [-0.2, -0.15) is 0 Å². The third-order valence-corrected chi connectivity index (χ3v) is 2.27. The summed E-state index contributed by atoms with van der Waals surface area (Å²) in [6, 6.07) is -0.333. The standard InChI is InChI=1S/C8H13ClN2O2/c1-11-5-3-6(8(11)13)10-7(12)2-4-9/h6H,2-5H2,1H3,(H,10,12). The molecule has 0 bridgehead atoms. The first-order valence-corrected chi connectivity index (χ1v) is 4.79. The zero-order valence-corrected chi connectivity index (χ0v) is 8.30. The average Bonchev–Trinajstić information content (AvgIpc) is 2.37. The second-order valence-electron chi connectivity index (χ2n) is 3.11. The van der Waals surface area contributed by atoms with Crippen LogP contribution in [0.25, 0.3) is 0 Å². The molecule has 0 saturated carbocycles. The van der Waals surface area contributed by atoms with Gasteiger partial charge >= 0.3 is 0 Å². The molecule has 0 aliphatic carbocycles. The van der Waals surface area contributed by atoms with E-state index in [9.17, 15) is 9.59 Å². The van der Waals surface area contributed by atoms with Gasteiger partial charge in [-0.05, 0) is 6.42 Å². The van der Waals surface area contributed by atoms with Crippen LogP contribution >= 0.6 is 11.6 Å². The average molecular weight is 205 g/mol. The van der Waals surface area contributed by atoms with E-state index in [2.05, 4.69) is 5.32 Å². The Hall–Kier alpha value is -0.770. The zero-order chi connectivity index (χ0) is 9.84. The lowest BCUT2D eigenvalue weighted by molar-refractivity contribution is -0.131. The largest absolute Gasteiger partial charge is 0.344 e. The number of likely N-dealkylation sites (N-methyl/N-ethyl adjacent to an activating group) is 1. The second-order valence-corrected chi connectivity index (χ2v) is 3.49. The van der Waals surface area contributed by atoms with E-state index >= 15 is 0 Å². The fourth-order valence-corrected chi connectivity index (χ4v) is 1.48. The Balaban J connectivity index is 2.38. The van der Waals surface area contributed by atoms with Gasteiger partial charge in [0.25, 0.3) is 0 Å². The number of hydrogen-bond acceptors (Lipinski definition) is 2. The van der Waals surface area contributed by atoms with Crippen molar-refractivity contribution in [1.82, 2.24) is 10.2 Å². The third-order valence-electron chi connectivity index (χ3n) is 2.08. The summed E-state index contributed by atoms with van der Waals surface area (Å²) in [5, 5.41) is 2.65. The first-order valence-electron chi connectivity index (χ1n) is 4.25. The van der Waals surface area contributed by atoms with Crippen molar-refractivity contribution in [1.29, 1.82) is 0 Å². The maximum absolute atomic E-state index is 11.3. The van der Waals surface area contributed by atoms with E-state index in [1.54, 1.807) is 11.9 Å². The number of hydrogen-bond donors (Lipinski definition) is 1. The number of rotatable bonds is 3. The van der Waals surface area contributed by atoms with Crippen LogP contribution < -0.4 is 5.32 Å². The van der Waals surface area contributed by atoms with Crippen LogP contribution in [0.15, 0.2) is 0 Å². The highest BCUT2D eigenvalue weighted by atomic mass is 35.5. The highest BCUT2D eigenvalue weighted by Gasteiger charge is 2.29. The van der Waals surface area contributed by atoms with E-state index in [-0.39, 0.29) is 24.3 Å². The van der Waals surface area contributed by atoms with Gasteiger partial charge < -0.3 is 10.2 Å². The van der Waals surface area contributed by atoms with Crippen molar-refractivity contribution >= 4 is 23.4 Å². The highest BCUT2D eigenvalue weighted by Crippen LogP contribution is 2.08. The molecule has 1 heterocycles. The maximum Gasteiger partial charge on any atom is 0.244 e. The zero-order valence-electron chi connectivity index (χ0n) is 7.55. The molecule has 0 spiro atoms. The van der Waals surface area contributed by atoms with Crippen LogP contribution in [-0.2, 0) is 9.59 Å². The Labute approximate surface area is 82.2 Å². The molecule has 5 heteroatoms. The van der Waals surface area contributed by atoms with Crippen molar-refractivity contribution < 1.29 is 9.59 Å². The number of likely N-dealkylation sites (tertiary alicyclic amines) is 1. The number of amides is 2. The molecule has 1 N–H and O–H groups in total. The van der Waals surface area contributed by atoms with Gasteiger partial charge in [0.2, 0.25) is 11.8 Å². The van der Waals surface area contributed by atoms with Gasteiger partial charge in [0.1, 0.15) is 6.04 Å². The molecular formula is C8H13ClN2O2. The lowest BCUT2D eigenvalue weighted by Gasteiger charge is -2.11. The number of carbonyl (C=O) groups excluding carboxylic acids is 2. The number of halogens is 1. The molecule has 1 rings (SSSR count). The van der Waals surface area contributed by atoms with Crippen molar-refractivity contribution in [3.05, 3.63) is 0 Å². The van der Waals surface area contributed by atoms with Gasteiger partial charge in [0, 0.05) is 25.9 Å². The summed E-state index contributed by atoms with van der Waals surface area (Å²) in [6.45, 7) is 0.713. The highest BCUT2D eigenvalue weighted by molar-refractivity contribution is 6.19. The van der Waals surface area contributed by atoms with E-state index in [0.29, 0.717) is 18.8 Å². The summed E-state index contributed by atoms with van der Waals surface area (Å²) >= 11 is 5.39. The minimum Gasteiger partial charge on any atom is -0.344 e. The number of nitrogens with zero attached hydrogens (tertiary/aromatic N) is 1. The fraction of sp³-hybridized carbons (Fsp3) is 0.750. The summed E-state index contributed by atoms with van der Waals surface area (Å²) in [6.07, 6.45) is 0.971. The molecule has 1 atom stereocenters. The summed E-state index contributed by atoms with van der Waals surface area (Å²) in [4.78, 5) is 24.0. The van der Waals surface area contributed by atoms with Crippen molar-refractivity contribution in [2.75, 3.05) is 19.5 Å². The van der Waals surface area contributed by atoms with Crippen LogP contribution in [0.2, 0.25) is 0 Å². The molecule has 1 aliphatic heterocycles. The lowest BCUT2D eigenvalue weighted by Crippen LogP contribution is -2.40. The van der Waals surface area contributed by atoms with Crippen molar-refractivity contribution in [3.63, 3.8) is 0 Å². The SMILES string of the molecule is CN1CCC(NC(=O)CCCl)C1=O. The molecule has 0 aromatic heterocycles. The van der Waals surface area contributed by atoms with E-state index < -0.39 is 0 Å². The molecule has 1 fully saturated rings. The summed E-state index contributed by atoms with van der Waals surface area (Å²) in [7, 11) is 1.73. The molecule has 4 nitrogen and oxygen atoms in total. The Kier molecular flexibility index (Phi) is 3.54. The van der Waals surface area contributed by atoms with Gasteiger partial charge in [-0.15, -0.1) is 11.6 Å². The topological polar surface area (TPSA) is 49.4 Å². The number of carbonyl (C=O) groups is 2. The normalized spacial score (nSPS) is 22.2. The lowest BCUT2D eigenvalue weighted by atomic mass is 10.2. The molecule has 1 saturated heterocycles. The fourth-order valence-electron chi connectivity index (χ4n) is 1.31. The molecule has 1 aliphatic rings. The van der Waals surface area contributed by atoms with Crippen molar-refractivity contribution in [2.45, 2.75) is 18.9 Å². The Bertz CT molecular complexity index is 220. The van der Waals surface area contributed by atoms with E-state index in [4.69, 9.17) is 11.6 Å². The van der Waals surface area contributed by atoms with Gasteiger partial charge in [0.15, 0.2) is 0 Å². The van der Waals surface area contributed by atoms with Gasteiger partial charge in [-0.25, -0.2) is 0 Å². The van der Waals surface area contributed by atoms with Crippen LogP contribution in [0, 0.1) is 0 Å². The Morgan fingerprint density at radius 3 is 2.92 bits per heavy atom. The van der Waals surface area contributed by atoms with E-state index in [0.717, 1.165) is 0 Å². The van der Waals surface area contributed by atoms with Gasteiger partial charge in [0.05, 0.1) is 0 Å². The van der Waals surface area contributed by atoms with Crippen LogP contribution in [0.1, 0.15) is 12.8 Å². The quantitative estimate of drug-likeness (QED) is 0.656. The summed E-state index contributed by atoms with van der Waals surface area (Å²) in [5.74, 6) is 0.134. The van der Waals surface area contributed by atoms with E-state index in [1.807, 2.05) is 0 Å². The van der Waals surface area contributed by atoms with Crippen LogP contribution in [-0.4, -0.2) is 42.2 Å². The van der Waals surface area contributed by atoms with Crippen LogP contribution in [0.3, 0.4) is 0 Å².